The topological polar surface area (TPSA) is 9.23 Å². The average Bonchev–Trinajstić information content (AvgIpc) is 1.99. The van der Waals surface area contributed by atoms with Crippen molar-refractivity contribution in [3.8, 4) is 5.75 Å². The Morgan fingerprint density at radius 1 is 1.12 bits per heavy atom. The van der Waals surface area contributed by atoms with E-state index in [4.69, 9.17) is 0 Å². The molecule has 1 aromatic rings. The molecule has 0 radical (unpaired) electrons. The van der Waals surface area contributed by atoms with Crippen molar-refractivity contribution in [2.45, 2.75) is 6.61 Å². The van der Waals surface area contributed by atoms with Crippen LogP contribution in [0.25, 0.3) is 0 Å². The summed E-state index contributed by atoms with van der Waals surface area (Å²) in [5.74, 6) is -2.27. The Bertz CT molecular complexity index is 355. The van der Waals surface area contributed by atoms with Gasteiger partial charge in [0.1, 0.15) is 11.6 Å². The van der Waals surface area contributed by atoms with Gasteiger partial charge in [0.25, 0.3) is 0 Å². The van der Waals surface area contributed by atoms with Crippen LogP contribution in [0.2, 0.25) is 0 Å². The molecular formula is C7H4BF6KO. The fourth-order valence-electron chi connectivity index (χ4n) is 0.977. The molecule has 0 saturated heterocycles. The Morgan fingerprint density at radius 2 is 1.69 bits per heavy atom. The van der Waals surface area contributed by atoms with E-state index in [0.717, 1.165) is 0 Å². The number of rotatable bonds is 3. The molecule has 0 spiro atoms. The summed E-state index contributed by atoms with van der Waals surface area (Å²) in [5.41, 5.74) is -1.38. The van der Waals surface area contributed by atoms with Gasteiger partial charge in [-0.25, -0.2) is 4.39 Å². The van der Waals surface area contributed by atoms with Crippen LogP contribution in [0, 0.1) is 5.82 Å². The second-order valence-corrected chi connectivity index (χ2v) is 2.64. The zero-order chi connectivity index (χ0) is 11.6. The molecule has 16 heavy (non-hydrogen) atoms. The SMILES string of the molecule is Fc1ccc([B-](F)(F)F)c(OC(F)F)c1.[K+]. The van der Waals surface area contributed by atoms with Crippen LogP contribution >= 0.6 is 0 Å². The van der Waals surface area contributed by atoms with Crippen molar-refractivity contribution < 1.29 is 82.2 Å². The molecule has 0 aromatic heterocycles. The molecule has 1 rings (SSSR count). The van der Waals surface area contributed by atoms with E-state index in [0.29, 0.717) is 12.1 Å². The largest absolute Gasteiger partial charge is 1.00 e. The number of hydrogen-bond acceptors (Lipinski definition) is 1. The van der Waals surface area contributed by atoms with Gasteiger partial charge in [0.05, 0.1) is 0 Å². The number of halogens is 6. The van der Waals surface area contributed by atoms with Gasteiger partial charge < -0.3 is 17.7 Å². The molecular weight excluding hydrogens is 264 g/mol. The molecule has 0 aliphatic rings. The number of alkyl halides is 2. The van der Waals surface area contributed by atoms with Crippen molar-refractivity contribution in [2.24, 2.45) is 0 Å². The van der Waals surface area contributed by atoms with Crippen LogP contribution < -0.4 is 61.6 Å². The minimum Gasteiger partial charge on any atom is -0.445 e. The molecule has 0 atom stereocenters. The smallest absolute Gasteiger partial charge is 0.445 e. The van der Waals surface area contributed by atoms with Crippen LogP contribution in [-0.4, -0.2) is 13.6 Å². The van der Waals surface area contributed by atoms with Crippen molar-refractivity contribution in [3.63, 3.8) is 0 Å². The van der Waals surface area contributed by atoms with Gasteiger partial charge in [-0.2, -0.15) is 8.78 Å². The quantitative estimate of drug-likeness (QED) is 0.530. The van der Waals surface area contributed by atoms with E-state index in [1.165, 1.54) is 0 Å². The molecule has 0 unspecified atom stereocenters. The molecule has 0 aliphatic heterocycles. The van der Waals surface area contributed by atoms with Gasteiger partial charge in [0.15, 0.2) is 0 Å². The molecule has 1 nitrogen and oxygen atoms in total. The minimum absolute atomic E-state index is 0. The van der Waals surface area contributed by atoms with Crippen LogP contribution in [0.1, 0.15) is 0 Å². The Balaban J connectivity index is 0.00000225. The monoisotopic (exact) mass is 268 g/mol. The first kappa shape index (κ1) is 16.3. The van der Waals surface area contributed by atoms with Crippen LogP contribution in [0.4, 0.5) is 26.1 Å². The molecule has 9 heteroatoms. The molecule has 0 amide bonds. The van der Waals surface area contributed by atoms with Crippen LogP contribution in [0.15, 0.2) is 18.2 Å². The summed E-state index contributed by atoms with van der Waals surface area (Å²) in [6.45, 7) is -8.93. The molecule has 0 bridgehead atoms. The van der Waals surface area contributed by atoms with Crippen LogP contribution in [-0.2, 0) is 0 Å². The van der Waals surface area contributed by atoms with Gasteiger partial charge >= 0.3 is 65.0 Å². The summed E-state index contributed by atoms with van der Waals surface area (Å²) in [5, 5.41) is 0. The third-order valence-electron chi connectivity index (χ3n) is 1.54. The summed E-state index contributed by atoms with van der Waals surface area (Å²) in [6.07, 6.45) is 0. The molecule has 0 heterocycles. The van der Waals surface area contributed by atoms with E-state index in [2.05, 4.69) is 4.74 Å². The van der Waals surface area contributed by atoms with E-state index in [1.54, 1.807) is 0 Å². The maximum absolute atomic E-state index is 12.5. The molecule has 0 N–H and O–H groups in total. The first-order chi connectivity index (χ1) is 6.80. The Kier molecular flexibility index (Phi) is 6.41. The molecule has 0 fully saturated rings. The van der Waals surface area contributed by atoms with Gasteiger partial charge in [-0.3, -0.25) is 0 Å². The molecule has 1 aromatic carbocycles. The van der Waals surface area contributed by atoms with E-state index >= 15 is 0 Å². The molecule has 0 saturated carbocycles. The first-order valence-electron chi connectivity index (χ1n) is 3.75. The summed E-state index contributed by atoms with van der Waals surface area (Å²) in [4.78, 5) is 0. The number of hydrogen-bond donors (Lipinski definition) is 0. The van der Waals surface area contributed by atoms with Crippen molar-refractivity contribution in [2.75, 3.05) is 0 Å². The third kappa shape index (κ3) is 4.66. The summed E-state index contributed by atoms with van der Waals surface area (Å²) in [6, 6.07) is 1.17. The first-order valence-corrected chi connectivity index (χ1v) is 3.75. The summed E-state index contributed by atoms with van der Waals surface area (Å²) in [7, 11) is 0. The number of ether oxygens (including phenoxy) is 1. The van der Waals surface area contributed by atoms with E-state index in [-0.39, 0.29) is 57.5 Å². The standard InChI is InChI=1S/C7H4BF6O.K/c9-4-1-2-5(8(12,13)14)6(3-4)15-7(10)11;/h1-3,7H;/q-1;+1. The van der Waals surface area contributed by atoms with E-state index < -0.39 is 30.6 Å². The summed E-state index contributed by atoms with van der Waals surface area (Å²) >= 11 is 0. The van der Waals surface area contributed by atoms with Crippen molar-refractivity contribution in [1.82, 2.24) is 0 Å². The van der Waals surface area contributed by atoms with Crippen molar-refractivity contribution in [3.05, 3.63) is 24.0 Å². The predicted molar refractivity (Wildman–Crippen MR) is 41.7 cm³/mol. The van der Waals surface area contributed by atoms with E-state index in [1.807, 2.05) is 0 Å². The zero-order valence-corrected chi connectivity index (χ0v) is 11.2. The van der Waals surface area contributed by atoms with Gasteiger partial charge in [0.2, 0.25) is 0 Å². The second-order valence-electron chi connectivity index (χ2n) is 2.64. The van der Waals surface area contributed by atoms with Gasteiger partial charge in [0, 0.05) is 6.07 Å². The van der Waals surface area contributed by atoms with E-state index in [9.17, 15) is 26.1 Å². The predicted octanol–water partition coefficient (Wildman–Crippen LogP) is -0.515. The zero-order valence-electron chi connectivity index (χ0n) is 8.06. The Morgan fingerprint density at radius 3 is 2.12 bits per heavy atom. The Labute approximate surface area is 130 Å². The minimum atomic E-state index is -5.51. The summed E-state index contributed by atoms with van der Waals surface area (Å²) < 4.78 is 76.2. The molecule has 0 aliphatic carbocycles. The van der Waals surface area contributed by atoms with Crippen LogP contribution in [0.5, 0.6) is 5.75 Å². The maximum Gasteiger partial charge on any atom is 1.00 e. The van der Waals surface area contributed by atoms with Crippen molar-refractivity contribution >= 4 is 12.4 Å². The number of benzene rings is 1. The fraction of sp³-hybridized carbons (Fsp3) is 0.143. The normalized spacial score (nSPS) is 11.2. The Hall–Kier alpha value is 0.301. The van der Waals surface area contributed by atoms with Gasteiger partial charge in [-0.05, 0) is 6.07 Å². The fourth-order valence-corrected chi connectivity index (χ4v) is 0.977. The maximum atomic E-state index is 12.5. The van der Waals surface area contributed by atoms with Crippen molar-refractivity contribution in [1.29, 1.82) is 0 Å². The van der Waals surface area contributed by atoms with Gasteiger partial charge in [-0.15, -0.1) is 0 Å². The second kappa shape index (κ2) is 6.29. The third-order valence-corrected chi connectivity index (χ3v) is 1.54. The average molecular weight is 268 g/mol. The van der Waals surface area contributed by atoms with Gasteiger partial charge in [-0.1, -0.05) is 11.5 Å². The van der Waals surface area contributed by atoms with Crippen LogP contribution in [0.3, 0.4) is 0 Å². The molecule has 84 valence electrons.